The monoisotopic (exact) mass is 275 g/mol. The molecule has 0 unspecified atom stereocenters. The molecule has 1 N–H and O–H groups in total. The number of hydrogen-bond donors (Lipinski definition) is 1. The lowest BCUT2D eigenvalue weighted by Gasteiger charge is -2.09. The van der Waals surface area contributed by atoms with Crippen LogP contribution >= 0.6 is 15.9 Å². The molecule has 1 aliphatic rings. The molecule has 0 saturated carbocycles. The van der Waals surface area contributed by atoms with E-state index in [1.165, 1.54) is 5.56 Å². The van der Waals surface area contributed by atoms with Gasteiger partial charge in [-0.15, -0.1) is 0 Å². The third kappa shape index (κ3) is 1.57. The predicted molar refractivity (Wildman–Crippen MR) is 68.0 cm³/mol. The quantitative estimate of drug-likeness (QED) is 0.779. The summed E-state index contributed by atoms with van der Waals surface area (Å²) < 4.78 is 6.89. The molecular formula is C13H10BrNO. The first-order valence-corrected chi connectivity index (χ1v) is 5.92. The molecule has 0 fully saturated rings. The Bertz CT molecular complexity index is 539. The van der Waals surface area contributed by atoms with Crippen LogP contribution in [0.4, 0.5) is 5.69 Å². The van der Waals surface area contributed by atoms with E-state index in [0.717, 1.165) is 28.2 Å². The zero-order chi connectivity index (χ0) is 11.0. The molecule has 0 atom stereocenters. The molecule has 16 heavy (non-hydrogen) atoms. The van der Waals surface area contributed by atoms with Crippen LogP contribution in [0.2, 0.25) is 0 Å². The summed E-state index contributed by atoms with van der Waals surface area (Å²) in [5.41, 5.74) is 2.19. The van der Waals surface area contributed by atoms with E-state index in [-0.39, 0.29) is 0 Å². The van der Waals surface area contributed by atoms with E-state index < -0.39 is 0 Å². The third-order valence-electron chi connectivity index (χ3n) is 2.62. The van der Waals surface area contributed by atoms with Crippen LogP contribution in [-0.2, 0) is 6.54 Å². The van der Waals surface area contributed by atoms with Gasteiger partial charge in [0.1, 0.15) is 5.75 Å². The predicted octanol–water partition coefficient (Wildman–Crippen LogP) is 4.17. The van der Waals surface area contributed by atoms with Gasteiger partial charge in [-0.25, -0.2) is 0 Å². The molecule has 0 amide bonds. The zero-order valence-electron chi connectivity index (χ0n) is 8.53. The van der Waals surface area contributed by atoms with Gasteiger partial charge >= 0.3 is 0 Å². The van der Waals surface area contributed by atoms with Gasteiger partial charge in [-0.3, -0.25) is 0 Å². The van der Waals surface area contributed by atoms with E-state index in [2.05, 4.69) is 27.3 Å². The molecule has 2 nitrogen and oxygen atoms in total. The summed E-state index contributed by atoms with van der Waals surface area (Å²) in [7, 11) is 0. The number of benzene rings is 2. The number of halogens is 1. The van der Waals surface area contributed by atoms with Crippen molar-refractivity contribution in [1.29, 1.82) is 0 Å². The van der Waals surface area contributed by atoms with Crippen molar-refractivity contribution in [2.24, 2.45) is 0 Å². The van der Waals surface area contributed by atoms with E-state index in [4.69, 9.17) is 4.74 Å². The molecule has 0 spiro atoms. The summed E-state index contributed by atoms with van der Waals surface area (Å²) in [6.45, 7) is 0.791. The number of para-hydroxylation sites is 2. The van der Waals surface area contributed by atoms with Crippen LogP contribution in [0.5, 0.6) is 11.5 Å². The van der Waals surface area contributed by atoms with E-state index >= 15 is 0 Å². The van der Waals surface area contributed by atoms with E-state index in [1.54, 1.807) is 0 Å². The maximum absolute atomic E-state index is 5.92. The van der Waals surface area contributed by atoms with Crippen LogP contribution in [0.25, 0.3) is 0 Å². The van der Waals surface area contributed by atoms with Crippen molar-refractivity contribution in [2.75, 3.05) is 5.32 Å². The summed E-state index contributed by atoms with van der Waals surface area (Å²) in [4.78, 5) is 0. The van der Waals surface area contributed by atoms with Crippen molar-refractivity contribution in [3.05, 3.63) is 52.5 Å². The largest absolute Gasteiger partial charge is 0.454 e. The Hall–Kier alpha value is -1.48. The van der Waals surface area contributed by atoms with Crippen LogP contribution in [-0.4, -0.2) is 0 Å². The average Bonchev–Trinajstić information content (AvgIpc) is 2.50. The van der Waals surface area contributed by atoms with E-state index in [9.17, 15) is 0 Å². The molecule has 3 rings (SSSR count). The lowest BCUT2D eigenvalue weighted by Crippen LogP contribution is -1.96. The first kappa shape index (κ1) is 9.73. The fourth-order valence-electron chi connectivity index (χ4n) is 1.80. The summed E-state index contributed by atoms with van der Waals surface area (Å²) >= 11 is 3.50. The minimum atomic E-state index is 0.791. The Labute approximate surface area is 102 Å². The van der Waals surface area contributed by atoms with E-state index in [1.807, 2.05) is 36.4 Å². The average molecular weight is 276 g/mol. The van der Waals surface area contributed by atoms with Gasteiger partial charge in [0, 0.05) is 12.1 Å². The van der Waals surface area contributed by atoms with Crippen molar-refractivity contribution in [2.45, 2.75) is 6.54 Å². The Balaban J connectivity index is 2.13. The molecular weight excluding hydrogens is 266 g/mol. The fraction of sp³-hybridized carbons (Fsp3) is 0.0769. The van der Waals surface area contributed by atoms with Crippen molar-refractivity contribution in [1.82, 2.24) is 0 Å². The normalized spacial score (nSPS) is 12.8. The number of anilines is 1. The Morgan fingerprint density at radius 3 is 2.88 bits per heavy atom. The highest BCUT2D eigenvalue weighted by Crippen LogP contribution is 2.40. The molecule has 0 aliphatic carbocycles. The maximum Gasteiger partial charge on any atom is 0.164 e. The highest BCUT2D eigenvalue weighted by Gasteiger charge is 2.15. The van der Waals surface area contributed by atoms with Gasteiger partial charge in [0.15, 0.2) is 5.75 Å². The van der Waals surface area contributed by atoms with Gasteiger partial charge < -0.3 is 10.1 Å². The first-order valence-electron chi connectivity index (χ1n) is 5.13. The van der Waals surface area contributed by atoms with Crippen LogP contribution < -0.4 is 10.1 Å². The molecule has 1 aliphatic heterocycles. The van der Waals surface area contributed by atoms with Crippen LogP contribution in [0.15, 0.2) is 46.9 Å². The van der Waals surface area contributed by atoms with Crippen molar-refractivity contribution >= 4 is 21.6 Å². The second kappa shape index (κ2) is 3.83. The SMILES string of the molecule is Brc1cccc2c1Oc1ccccc1CN2. The van der Waals surface area contributed by atoms with Gasteiger partial charge in [-0.2, -0.15) is 0 Å². The number of hydrogen-bond acceptors (Lipinski definition) is 2. The number of rotatable bonds is 0. The first-order chi connectivity index (χ1) is 7.84. The second-order valence-corrected chi connectivity index (χ2v) is 4.53. The van der Waals surface area contributed by atoms with Crippen molar-refractivity contribution in [3.63, 3.8) is 0 Å². The second-order valence-electron chi connectivity index (χ2n) is 3.68. The van der Waals surface area contributed by atoms with Crippen molar-refractivity contribution < 1.29 is 4.74 Å². The summed E-state index contributed by atoms with van der Waals surface area (Å²) in [5, 5.41) is 3.37. The molecule has 0 radical (unpaired) electrons. The van der Waals surface area contributed by atoms with Crippen molar-refractivity contribution in [3.8, 4) is 11.5 Å². The lowest BCUT2D eigenvalue weighted by atomic mass is 10.2. The van der Waals surface area contributed by atoms with Gasteiger partial charge in [0.2, 0.25) is 0 Å². The number of nitrogens with one attached hydrogen (secondary N) is 1. The van der Waals surface area contributed by atoms with Gasteiger partial charge in [-0.1, -0.05) is 24.3 Å². The Morgan fingerprint density at radius 2 is 1.94 bits per heavy atom. The topological polar surface area (TPSA) is 21.3 Å². The van der Waals surface area contributed by atoms with E-state index in [0.29, 0.717) is 0 Å². The molecule has 2 aromatic rings. The molecule has 80 valence electrons. The Morgan fingerprint density at radius 1 is 1.06 bits per heavy atom. The molecule has 3 heteroatoms. The smallest absolute Gasteiger partial charge is 0.164 e. The summed E-state index contributed by atoms with van der Waals surface area (Å²) in [6.07, 6.45) is 0. The maximum atomic E-state index is 5.92. The molecule has 0 bridgehead atoms. The standard InChI is InChI=1S/C13H10BrNO/c14-10-5-3-6-11-13(10)16-12-7-2-1-4-9(12)8-15-11/h1-7,15H,8H2. The summed E-state index contributed by atoms with van der Waals surface area (Å²) in [5.74, 6) is 1.77. The minimum Gasteiger partial charge on any atom is -0.454 e. The number of ether oxygens (including phenoxy) is 1. The Kier molecular flexibility index (Phi) is 2.33. The summed E-state index contributed by atoms with van der Waals surface area (Å²) in [6, 6.07) is 14.1. The molecule has 1 heterocycles. The third-order valence-corrected chi connectivity index (χ3v) is 3.25. The highest BCUT2D eigenvalue weighted by molar-refractivity contribution is 9.10. The minimum absolute atomic E-state index is 0.791. The molecule has 0 saturated heterocycles. The molecule has 2 aromatic carbocycles. The van der Waals surface area contributed by atoms with Gasteiger partial charge in [0.05, 0.1) is 10.2 Å². The van der Waals surface area contributed by atoms with Crippen LogP contribution in [0.1, 0.15) is 5.56 Å². The zero-order valence-corrected chi connectivity index (χ0v) is 10.1. The van der Waals surface area contributed by atoms with Gasteiger partial charge in [0.25, 0.3) is 0 Å². The van der Waals surface area contributed by atoms with Crippen LogP contribution in [0.3, 0.4) is 0 Å². The lowest BCUT2D eigenvalue weighted by molar-refractivity contribution is 0.481. The highest BCUT2D eigenvalue weighted by atomic mass is 79.9. The van der Waals surface area contributed by atoms with Crippen LogP contribution in [0, 0.1) is 0 Å². The fourth-order valence-corrected chi connectivity index (χ4v) is 2.25. The number of fused-ring (bicyclic) bond motifs is 2. The molecule has 0 aromatic heterocycles. The van der Waals surface area contributed by atoms with Gasteiger partial charge in [-0.05, 0) is 34.1 Å².